The van der Waals surface area contributed by atoms with E-state index in [1.54, 1.807) is 12.2 Å². The van der Waals surface area contributed by atoms with Crippen molar-refractivity contribution in [2.75, 3.05) is 6.54 Å². The molecule has 1 aliphatic heterocycles. The van der Waals surface area contributed by atoms with Gasteiger partial charge >= 0.3 is 6.18 Å². The Hall–Kier alpha value is -1.31. The number of amidine groups is 1. The first-order valence-electron chi connectivity index (χ1n) is 5.88. The second-order valence-electron chi connectivity index (χ2n) is 4.65. The van der Waals surface area contributed by atoms with Gasteiger partial charge in [-0.15, -0.1) is 0 Å². The molecule has 1 saturated heterocycles. The van der Waals surface area contributed by atoms with Gasteiger partial charge in [-0.05, 0) is 19.4 Å². The number of nitrogens with zero attached hydrogens (tertiary/aromatic N) is 1. The lowest BCUT2D eigenvalue weighted by Gasteiger charge is -2.21. The smallest absolute Gasteiger partial charge is 0.304 e. The largest absolute Gasteiger partial charge is 0.412 e. The van der Waals surface area contributed by atoms with Crippen molar-refractivity contribution in [2.24, 2.45) is 10.9 Å². The van der Waals surface area contributed by atoms with Crippen molar-refractivity contribution >= 4 is 22.8 Å². The average molecular weight is 308 g/mol. The van der Waals surface area contributed by atoms with E-state index in [-0.39, 0.29) is 17.5 Å². The van der Waals surface area contributed by atoms with Crippen molar-refractivity contribution in [2.45, 2.75) is 24.3 Å². The minimum Gasteiger partial charge on any atom is -0.304 e. The molecule has 1 fully saturated rings. The molecule has 2 unspecified atom stereocenters. The number of carbonyl (C=O) groups excluding carboxylic acids is 1. The van der Waals surface area contributed by atoms with Gasteiger partial charge in [-0.3, -0.25) is 9.79 Å². The van der Waals surface area contributed by atoms with E-state index in [2.05, 4.69) is 10.3 Å². The number of alkyl halides is 3. The summed E-state index contributed by atoms with van der Waals surface area (Å²) in [5, 5.41) is 1.99. The van der Waals surface area contributed by atoms with Gasteiger partial charge in [0.2, 0.25) is 0 Å². The van der Waals surface area contributed by atoms with Gasteiger partial charge in [-0.1, -0.05) is 23.9 Å². The fourth-order valence-corrected chi connectivity index (χ4v) is 2.68. The van der Waals surface area contributed by atoms with Crippen molar-refractivity contribution in [1.82, 2.24) is 5.32 Å². The normalized spacial score (nSPS) is 32.5. The monoisotopic (exact) mass is 308 g/mol. The number of thioether (sulfide) groups is 1. The fraction of sp³-hybridized carbons (Fsp3) is 0.500. The maximum atomic E-state index is 13.4. The Labute approximate surface area is 117 Å². The van der Waals surface area contributed by atoms with E-state index < -0.39 is 22.7 Å². The molecule has 2 aliphatic rings. The van der Waals surface area contributed by atoms with Crippen molar-refractivity contribution < 1.29 is 22.4 Å². The molecule has 2 atom stereocenters. The van der Waals surface area contributed by atoms with Crippen LogP contribution < -0.4 is 5.32 Å². The molecule has 0 aromatic heterocycles. The maximum Gasteiger partial charge on any atom is 0.412 e. The number of hydrogen-bond acceptors (Lipinski definition) is 3. The summed E-state index contributed by atoms with van der Waals surface area (Å²) in [4.78, 5) is 15.3. The van der Waals surface area contributed by atoms with Crippen LogP contribution in [-0.2, 0) is 4.79 Å². The highest BCUT2D eigenvalue weighted by Crippen LogP contribution is 2.45. The number of carbonyl (C=O) groups is 1. The van der Waals surface area contributed by atoms with E-state index in [0.717, 1.165) is 6.92 Å². The third kappa shape index (κ3) is 2.74. The van der Waals surface area contributed by atoms with Crippen LogP contribution >= 0.6 is 11.8 Å². The molecule has 0 aromatic carbocycles. The molecule has 1 heterocycles. The van der Waals surface area contributed by atoms with E-state index in [1.807, 2.05) is 0 Å². The summed E-state index contributed by atoms with van der Waals surface area (Å²) in [7, 11) is 0. The Morgan fingerprint density at radius 1 is 1.55 bits per heavy atom. The first-order valence-corrected chi connectivity index (χ1v) is 6.69. The molecule has 1 N–H and O–H groups in total. The molecule has 1 amide bonds. The summed E-state index contributed by atoms with van der Waals surface area (Å²) in [5.41, 5.74) is 0. The number of rotatable bonds is 2. The lowest BCUT2D eigenvalue weighted by Crippen LogP contribution is -2.46. The Morgan fingerprint density at radius 3 is 2.80 bits per heavy atom. The minimum absolute atomic E-state index is 0.00320. The van der Waals surface area contributed by atoms with Gasteiger partial charge in [0.05, 0.1) is 6.54 Å². The number of amides is 1. The minimum atomic E-state index is -4.67. The zero-order valence-corrected chi connectivity index (χ0v) is 11.3. The summed E-state index contributed by atoms with van der Waals surface area (Å²) in [6.45, 7) is 0.808. The van der Waals surface area contributed by atoms with Gasteiger partial charge in [0.25, 0.3) is 5.91 Å². The van der Waals surface area contributed by atoms with Gasteiger partial charge in [0.1, 0.15) is 5.83 Å². The highest BCUT2D eigenvalue weighted by molar-refractivity contribution is 8.16. The summed E-state index contributed by atoms with van der Waals surface area (Å²) >= 11 is 0.322. The Kier molecular flexibility index (Phi) is 3.95. The van der Waals surface area contributed by atoms with Crippen molar-refractivity contribution in [1.29, 1.82) is 0 Å². The first kappa shape index (κ1) is 15.1. The van der Waals surface area contributed by atoms with Crippen LogP contribution in [0.1, 0.15) is 13.3 Å². The maximum absolute atomic E-state index is 13.4. The average Bonchev–Trinajstić information content (AvgIpc) is 2.65. The molecule has 0 aromatic rings. The third-order valence-corrected chi connectivity index (χ3v) is 4.40. The number of aliphatic imine (C=N–C) groups is 1. The molecule has 8 heteroatoms. The molecule has 0 spiro atoms. The van der Waals surface area contributed by atoms with Crippen molar-refractivity contribution in [3.05, 3.63) is 24.1 Å². The zero-order chi connectivity index (χ0) is 15.0. The summed E-state index contributed by atoms with van der Waals surface area (Å²) in [6.07, 6.45) is 0.403. The van der Waals surface area contributed by atoms with Crippen molar-refractivity contribution in [3.8, 4) is 0 Å². The summed E-state index contributed by atoms with van der Waals surface area (Å²) in [6, 6.07) is 0. The lowest BCUT2D eigenvalue weighted by molar-refractivity contribution is -0.166. The van der Waals surface area contributed by atoms with Crippen LogP contribution in [0.25, 0.3) is 0 Å². The summed E-state index contributed by atoms with van der Waals surface area (Å²) < 4.78 is 49.3. The molecular weight excluding hydrogens is 296 g/mol. The van der Waals surface area contributed by atoms with Gasteiger partial charge in [-0.2, -0.15) is 13.2 Å². The predicted octanol–water partition coefficient (Wildman–Crippen LogP) is 2.96. The molecule has 0 bridgehead atoms. The van der Waals surface area contributed by atoms with Crippen LogP contribution in [0.15, 0.2) is 29.0 Å². The quantitative estimate of drug-likeness (QED) is 0.797. The zero-order valence-electron chi connectivity index (χ0n) is 10.5. The molecule has 20 heavy (non-hydrogen) atoms. The van der Waals surface area contributed by atoms with Gasteiger partial charge in [-0.25, -0.2) is 4.39 Å². The number of halogens is 4. The van der Waals surface area contributed by atoms with Crippen molar-refractivity contribution in [3.63, 3.8) is 0 Å². The topological polar surface area (TPSA) is 41.5 Å². The van der Waals surface area contributed by atoms with E-state index >= 15 is 0 Å². The molecular formula is C12H12F4N2OS. The van der Waals surface area contributed by atoms with E-state index in [9.17, 15) is 22.4 Å². The van der Waals surface area contributed by atoms with E-state index in [4.69, 9.17) is 0 Å². The summed E-state index contributed by atoms with van der Waals surface area (Å²) in [5.74, 6) is -1.99. The third-order valence-electron chi connectivity index (χ3n) is 3.15. The molecule has 2 rings (SSSR count). The number of hydrogen-bond donors (Lipinski definition) is 1. The molecule has 0 radical (unpaired) electrons. The first-order chi connectivity index (χ1) is 9.24. The van der Waals surface area contributed by atoms with Crippen LogP contribution in [0.2, 0.25) is 0 Å². The van der Waals surface area contributed by atoms with E-state index in [1.165, 1.54) is 6.08 Å². The van der Waals surface area contributed by atoms with Crippen LogP contribution in [-0.4, -0.2) is 28.5 Å². The van der Waals surface area contributed by atoms with Crippen LogP contribution in [0.4, 0.5) is 17.6 Å². The van der Waals surface area contributed by atoms with Crippen LogP contribution in [0.5, 0.6) is 0 Å². The molecule has 3 nitrogen and oxygen atoms in total. The highest BCUT2D eigenvalue weighted by Gasteiger charge is 2.61. The highest BCUT2D eigenvalue weighted by atomic mass is 32.2. The lowest BCUT2D eigenvalue weighted by atomic mass is 10.00. The Morgan fingerprint density at radius 2 is 2.25 bits per heavy atom. The van der Waals surface area contributed by atoms with E-state index in [0.29, 0.717) is 18.2 Å². The standard InChI is InChI=1S/C12H12F4N2OS/c1-11(12(14,15)16)9(19)18-10(20-11)17-6-7-4-2-3-5-8(7)13/h2-3,5,7H,4,6H2,1H3,(H,17,18,19). The molecule has 110 valence electrons. The second-order valence-corrected chi connectivity index (χ2v) is 6.05. The Bertz CT molecular complexity index is 512. The van der Waals surface area contributed by atoms with Gasteiger partial charge in [0.15, 0.2) is 9.91 Å². The van der Waals surface area contributed by atoms with Crippen LogP contribution in [0, 0.1) is 5.92 Å². The number of allylic oxidation sites excluding steroid dienone is 3. The van der Waals surface area contributed by atoms with Crippen LogP contribution in [0.3, 0.4) is 0 Å². The number of nitrogens with one attached hydrogen (secondary N) is 1. The van der Waals surface area contributed by atoms with Gasteiger partial charge in [0, 0.05) is 5.92 Å². The molecule has 1 aliphatic carbocycles. The predicted molar refractivity (Wildman–Crippen MR) is 68.9 cm³/mol. The Balaban J connectivity index is 2.06. The molecule has 0 saturated carbocycles. The SMILES string of the molecule is CC1(C(F)(F)F)SC(=NCC2CC=CC=C2F)NC1=O. The fourth-order valence-electron chi connectivity index (χ4n) is 1.75. The second kappa shape index (κ2) is 5.23. The van der Waals surface area contributed by atoms with Gasteiger partial charge < -0.3 is 5.32 Å².